The third kappa shape index (κ3) is 6.16. The Morgan fingerprint density at radius 1 is 1.24 bits per heavy atom. The van der Waals surface area contributed by atoms with Crippen LogP contribution in [-0.4, -0.2) is 35.8 Å². The topological polar surface area (TPSA) is 59.1 Å². The van der Waals surface area contributed by atoms with E-state index in [0.717, 1.165) is 6.42 Å². The molecule has 0 spiro atoms. The molecule has 0 fully saturated rings. The first-order valence-corrected chi connectivity index (χ1v) is 6.91. The molecule has 1 aromatic heterocycles. The average molecular weight is 306 g/mol. The van der Waals surface area contributed by atoms with Gasteiger partial charge in [0.15, 0.2) is 0 Å². The second-order valence-electron chi connectivity index (χ2n) is 4.59. The van der Waals surface area contributed by atoms with Crippen molar-refractivity contribution in [2.75, 3.05) is 30.4 Å². The molecule has 0 aromatic carbocycles. The Kier molecular flexibility index (Phi) is 6.67. The first-order chi connectivity index (χ1) is 9.86. The Balaban J connectivity index is 2.90. The average Bonchev–Trinajstić information content (AvgIpc) is 2.41. The lowest BCUT2D eigenvalue weighted by Crippen LogP contribution is -2.24. The van der Waals surface area contributed by atoms with Crippen molar-refractivity contribution in [2.24, 2.45) is 0 Å². The summed E-state index contributed by atoms with van der Waals surface area (Å²) in [6, 6.07) is 1.31. The molecular weight excluding hydrogens is 285 g/mol. The molecule has 0 aliphatic rings. The first kappa shape index (κ1) is 17.5. The van der Waals surface area contributed by atoms with Crippen LogP contribution in [0.3, 0.4) is 0 Å². The molecule has 1 unspecified atom stereocenters. The summed E-state index contributed by atoms with van der Waals surface area (Å²) in [6.45, 7) is 7.06. The number of hydrogen-bond donors (Lipinski definition) is 2. The zero-order valence-electron chi connectivity index (χ0n) is 12.4. The fourth-order valence-electron chi connectivity index (χ4n) is 1.58. The summed E-state index contributed by atoms with van der Waals surface area (Å²) in [6.07, 6.45) is -3.79. The summed E-state index contributed by atoms with van der Waals surface area (Å²) in [5, 5.41) is 5.73. The predicted molar refractivity (Wildman–Crippen MR) is 75.4 cm³/mol. The molecule has 1 atom stereocenters. The van der Waals surface area contributed by atoms with Crippen molar-refractivity contribution in [3.63, 3.8) is 0 Å². The molecule has 2 N–H and O–H groups in total. The monoisotopic (exact) mass is 306 g/mol. The molecule has 0 aliphatic heterocycles. The number of halogens is 3. The number of rotatable bonds is 8. The van der Waals surface area contributed by atoms with Crippen LogP contribution >= 0.6 is 0 Å². The highest BCUT2D eigenvalue weighted by Gasteiger charge is 2.35. The molecule has 1 heterocycles. The van der Waals surface area contributed by atoms with Gasteiger partial charge in [0.05, 0.1) is 6.61 Å². The Morgan fingerprint density at radius 3 is 2.48 bits per heavy atom. The number of alkyl halides is 3. The van der Waals surface area contributed by atoms with E-state index in [9.17, 15) is 13.2 Å². The minimum absolute atomic E-state index is 0.128. The van der Waals surface area contributed by atoms with Gasteiger partial charge in [0.25, 0.3) is 0 Å². The van der Waals surface area contributed by atoms with Crippen molar-refractivity contribution in [1.29, 1.82) is 0 Å². The largest absolute Gasteiger partial charge is 0.451 e. The van der Waals surface area contributed by atoms with Crippen molar-refractivity contribution in [2.45, 2.75) is 39.4 Å². The third-order valence-corrected chi connectivity index (χ3v) is 2.50. The van der Waals surface area contributed by atoms with Crippen LogP contribution in [0.15, 0.2) is 6.07 Å². The van der Waals surface area contributed by atoms with E-state index in [4.69, 9.17) is 4.74 Å². The van der Waals surface area contributed by atoms with Gasteiger partial charge in [0.2, 0.25) is 5.82 Å². The zero-order valence-corrected chi connectivity index (χ0v) is 12.4. The highest BCUT2D eigenvalue weighted by molar-refractivity contribution is 5.48. The van der Waals surface area contributed by atoms with Gasteiger partial charge < -0.3 is 15.4 Å². The van der Waals surface area contributed by atoms with Crippen molar-refractivity contribution >= 4 is 11.6 Å². The zero-order chi connectivity index (χ0) is 15.9. The molecular formula is C13H21F3N4O. The fraction of sp³-hybridized carbons (Fsp3) is 0.692. The Morgan fingerprint density at radius 2 is 1.90 bits per heavy atom. The summed E-state index contributed by atoms with van der Waals surface area (Å²) in [5.41, 5.74) is 0. The minimum atomic E-state index is -4.58. The lowest BCUT2D eigenvalue weighted by Gasteiger charge is -2.16. The molecule has 120 valence electrons. The van der Waals surface area contributed by atoms with Gasteiger partial charge >= 0.3 is 6.18 Å². The third-order valence-electron chi connectivity index (χ3n) is 2.50. The number of nitrogens with zero attached hydrogens (tertiary/aromatic N) is 2. The van der Waals surface area contributed by atoms with Gasteiger partial charge in [-0.15, -0.1) is 0 Å². The van der Waals surface area contributed by atoms with Crippen LogP contribution in [0.5, 0.6) is 0 Å². The Labute approximate surface area is 122 Å². The van der Waals surface area contributed by atoms with E-state index in [1.165, 1.54) is 6.07 Å². The molecule has 8 heteroatoms. The maximum atomic E-state index is 12.8. The Bertz CT molecular complexity index is 440. The number of anilines is 2. The van der Waals surface area contributed by atoms with E-state index < -0.39 is 12.0 Å². The molecule has 0 amide bonds. The van der Waals surface area contributed by atoms with Gasteiger partial charge in [-0.3, -0.25) is 0 Å². The number of ether oxygens (including phenoxy) is 1. The highest BCUT2D eigenvalue weighted by Crippen LogP contribution is 2.28. The fourth-order valence-corrected chi connectivity index (χ4v) is 1.58. The van der Waals surface area contributed by atoms with Crippen LogP contribution in [-0.2, 0) is 10.9 Å². The lowest BCUT2D eigenvalue weighted by atomic mass is 10.3. The van der Waals surface area contributed by atoms with E-state index >= 15 is 0 Å². The van der Waals surface area contributed by atoms with E-state index in [2.05, 4.69) is 20.6 Å². The first-order valence-electron chi connectivity index (χ1n) is 6.91. The summed E-state index contributed by atoms with van der Waals surface area (Å²) in [7, 11) is 0. The van der Waals surface area contributed by atoms with E-state index in [1.54, 1.807) is 0 Å². The molecule has 1 aromatic rings. The standard InChI is InChI=1S/C13H21F3N4O/c1-4-6-17-10-7-11(18-9(3)8-21-5-2)20-12(19-10)13(14,15)16/h7,9H,4-6,8H2,1-3H3,(H2,17,18,19,20). The summed E-state index contributed by atoms with van der Waals surface area (Å²) in [4.78, 5) is 7.01. The summed E-state index contributed by atoms with van der Waals surface area (Å²) >= 11 is 0. The molecule has 1 rings (SSSR count). The van der Waals surface area contributed by atoms with Gasteiger partial charge in [-0.1, -0.05) is 6.92 Å². The summed E-state index contributed by atoms with van der Waals surface area (Å²) < 4.78 is 43.6. The van der Waals surface area contributed by atoms with Crippen LogP contribution < -0.4 is 10.6 Å². The number of nitrogens with one attached hydrogen (secondary N) is 2. The van der Waals surface area contributed by atoms with Crippen molar-refractivity contribution in [3.05, 3.63) is 11.9 Å². The minimum Gasteiger partial charge on any atom is -0.380 e. The van der Waals surface area contributed by atoms with Crippen molar-refractivity contribution < 1.29 is 17.9 Å². The van der Waals surface area contributed by atoms with E-state index in [0.29, 0.717) is 19.8 Å². The second kappa shape index (κ2) is 8.02. The maximum absolute atomic E-state index is 12.8. The molecule has 5 nitrogen and oxygen atoms in total. The molecule has 0 radical (unpaired) electrons. The highest BCUT2D eigenvalue weighted by atomic mass is 19.4. The van der Waals surface area contributed by atoms with Gasteiger partial charge in [-0.25, -0.2) is 9.97 Å². The van der Waals surface area contributed by atoms with Crippen molar-refractivity contribution in [3.8, 4) is 0 Å². The number of hydrogen-bond acceptors (Lipinski definition) is 5. The quantitative estimate of drug-likeness (QED) is 0.772. The van der Waals surface area contributed by atoms with Gasteiger partial charge in [0.1, 0.15) is 11.6 Å². The SMILES string of the molecule is CCCNc1cc(NC(C)COCC)nc(C(F)(F)F)n1. The van der Waals surface area contributed by atoms with Crippen LogP contribution in [0.1, 0.15) is 33.0 Å². The molecule has 21 heavy (non-hydrogen) atoms. The van der Waals surface area contributed by atoms with E-state index in [-0.39, 0.29) is 17.7 Å². The predicted octanol–water partition coefficient (Wildman–Crippen LogP) is 3.15. The van der Waals surface area contributed by atoms with Crippen LogP contribution in [0, 0.1) is 0 Å². The summed E-state index contributed by atoms with van der Waals surface area (Å²) in [5.74, 6) is -0.872. The van der Waals surface area contributed by atoms with E-state index in [1.807, 2.05) is 20.8 Å². The maximum Gasteiger partial charge on any atom is 0.451 e. The van der Waals surface area contributed by atoms with Gasteiger partial charge in [-0.2, -0.15) is 13.2 Å². The Hall–Kier alpha value is -1.57. The van der Waals surface area contributed by atoms with Gasteiger partial charge in [0, 0.05) is 25.3 Å². The van der Waals surface area contributed by atoms with Crippen LogP contribution in [0.4, 0.5) is 24.8 Å². The normalized spacial score (nSPS) is 13.0. The van der Waals surface area contributed by atoms with Crippen molar-refractivity contribution in [1.82, 2.24) is 9.97 Å². The number of aromatic nitrogens is 2. The second-order valence-corrected chi connectivity index (χ2v) is 4.59. The molecule has 0 bridgehead atoms. The lowest BCUT2D eigenvalue weighted by molar-refractivity contribution is -0.144. The molecule has 0 saturated heterocycles. The molecule has 0 aliphatic carbocycles. The smallest absolute Gasteiger partial charge is 0.380 e. The van der Waals surface area contributed by atoms with Crippen LogP contribution in [0.2, 0.25) is 0 Å². The van der Waals surface area contributed by atoms with Crippen LogP contribution in [0.25, 0.3) is 0 Å². The van der Waals surface area contributed by atoms with Gasteiger partial charge in [-0.05, 0) is 20.3 Å². The molecule has 0 saturated carbocycles.